The first-order chi connectivity index (χ1) is 6.68. The van der Waals surface area contributed by atoms with Crippen molar-refractivity contribution in [3.05, 3.63) is 47.5 Å². The lowest BCUT2D eigenvalue weighted by atomic mass is 10.0. The van der Waals surface area contributed by atoms with Crippen molar-refractivity contribution in [3.8, 4) is 0 Å². The van der Waals surface area contributed by atoms with Crippen molar-refractivity contribution in [2.75, 3.05) is 0 Å². The summed E-state index contributed by atoms with van der Waals surface area (Å²) in [6.07, 6.45) is 0. The van der Waals surface area contributed by atoms with Crippen LogP contribution in [0.5, 0.6) is 0 Å². The molecule has 0 atom stereocenters. The summed E-state index contributed by atoms with van der Waals surface area (Å²) in [6.45, 7) is 1.98. The molecule has 0 aliphatic carbocycles. The van der Waals surface area contributed by atoms with Gasteiger partial charge in [0.2, 0.25) is 0 Å². The van der Waals surface area contributed by atoms with E-state index in [1.165, 1.54) is 0 Å². The highest BCUT2D eigenvalue weighted by Crippen LogP contribution is 2.19. The fourth-order valence-corrected chi connectivity index (χ4v) is 1.56. The molecule has 0 aromatic heterocycles. The van der Waals surface area contributed by atoms with Crippen LogP contribution in [0.25, 0.3) is 10.8 Å². The number of carbonyl (C=O) groups is 1. The maximum atomic E-state index is 10.8. The molecule has 0 spiro atoms. The Morgan fingerprint density at radius 1 is 1.21 bits per heavy atom. The first-order valence-corrected chi connectivity index (χ1v) is 4.41. The predicted octanol–water partition coefficient (Wildman–Crippen LogP) is 2.85. The maximum absolute atomic E-state index is 10.8. The van der Waals surface area contributed by atoms with Crippen LogP contribution in [-0.2, 0) is 0 Å². The van der Waals surface area contributed by atoms with Gasteiger partial charge in [-0.1, -0.05) is 24.3 Å². The summed E-state index contributed by atoms with van der Waals surface area (Å²) in [6, 6.07) is 11.1. The lowest BCUT2D eigenvalue weighted by Gasteiger charge is -2.02. The van der Waals surface area contributed by atoms with Crippen LogP contribution in [0.3, 0.4) is 0 Å². The summed E-state index contributed by atoms with van der Waals surface area (Å²) in [5.41, 5.74) is 1.44. The van der Waals surface area contributed by atoms with Crippen molar-refractivity contribution < 1.29 is 9.90 Å². The molecule has 0 unspecified atom stereocenters. The maximum Gasteiger partial charge on any atom is 0.335 e. The molecule has 0 amide bonds. The Morgan fingerprint density at radius 3 is 2.71 bits per heavy atom. The second kappa shape index (κ2) is 3.14. The fraction of sp³-hybridized carbons (Fsp3) is 0.0833. The predicted molar refractivity (Wildman–Crippen MR) is 55.6 cm³/mol. The van der Waals surface area contributed by atoms with Crippen molar-refractivity contribution in [2.45, 2.75) is 6.92 Å². The van der Waals surface area contributed by atoms with Gasteiger partial charge >= 0.3 is 5.97 Å². The first kappa shape index (κ1) is 8.75. The zero-order valence-electron chi connectivity index (χ0n) is 7.82. The Kier molecular flexibility index (Phi) is 1.97. The van der Waals surface area contributed by atoms with Crippen LogP contribution in [-0.4, -0.2) is 11.1 Å². The third kappa shape index (κ3) is 1.35. The molecule has 1 N–H and O–H groups in total. The molecule has 0 saturated heterocycles. The Bertz CT molecular complexity index is 501. The number of fused-ring (bicyclic) bond motifs is 1. The Morgan fingerprint density at radius 2 is 2.00 bits per heavy atom. The van der Waals surface area contributed by atoms with Gasteiger partial charge in [0, 0.05) is 0 Å². The number of carboxylic acids is 1. The normalized spacial score (nSPS) is 10.4. The highest BCUT2D eigenvalue weighted by molar-refractivity contribution is 5.95. The van der Waals surface area contributed by atoms with Crippen LogP contribution in [0.2, 0.25) is 0 Å². The zero-order valence-corrected chi connectivity index (χ0v) is 7.82. The SMILES string of the molecule is Cc1cccc2ccc(C(=O)O)cc12. The Balaban J connectivity index is 2.76. The van der Waals surface area contributed by atoms with Crippen LogP contribution in [0.4, 0.5) is 0 Å². The molecule has 2 aromatic carbocycles. The molecular formula is C12H10O2. The molecule has 2 heteroatoms. The third-order valence-electron chi connectivity index (χ3n) is 2.35. The molecule has 14 heavy (non-hydrogen) atoms. The smallest absolute Gasteiger partial charge is 0.335 e. The van der Waals surface area contributed by atoms with Gasteiger partial charge in [-0.05, 0) is 35.4 Å². The second-order valence-electron chi connectivity index (χ2n) is 3.32. The van der Waals surface area contributed by atoms with Crippen LogP contribution in [0.1, 0.15) is 15.9 Å². The number of aryl methyl sites for hydroxylation is 1. The van der Waals surface area contributed by atoms with Gasteiger partial charge in [0.05, 0.1) is 5.56 Å². The van der Waals surface area contributed by atoms with Gasteiger partial charge in [0.15, 0.2) is 0 Å². The van der Waals surface area contributed by atoms with Crippen LogP contribution < -0.4 is 0 Å². The molecule has 0 radical (unpaired) electrons. The lowest BCUT2D eigenvalue weighted by molar-refractivity contribution is 0.0697. The quantitative estimate of drug-likeness (QED) is 0.743. The van der Waals surface area contributed by atoms with Gasteiger partial charge in [-0.2, -0.15) is 0 Å². The summed E-state index contributed by atoms with van der Waals surface area (Å²) in [4.78, 5) is 10.8. The van der Waals surface area contributed by atoms with Gasteiger partial charge in [0.25, 0.3) is 0 Å². The van der Waals surface area contributed by atoms with Crippen LogP contribution in [0, 0.1) is 6.92 Å². The molecule has 0 heterocycles. The minimum absolute atomic E-state index is 0.340. The minimum Gasteiger partial charge on any atom is -0.478 e. The van der Waals surface area contributed by atoms with E-state index < -0.39 is 5.97 Å². The van der Waals surface area contributed by atoms with Gasteiger partial charge < -0.3 is 5.11 Å². The van der Waals surface area contributed by atoms with Crippen molar-refractivity contribution >= 4 is 16.7 Å². The van der Waals surface area contributed by atoms with Crippen LogP contribution in [0.15, 0.2) is 36.4 Å². The van der Waals surface area contributed by atoms with Crippen molar-refractivity contribution in [1.82, 2.24) is 0 Å². The number of rotatable bonds is 1. The highest BCUT2D eigenvalue weighted by atomic mass is 16.4. The third-order valence-corrected chi connectivity index (χ3v) is 2.35. The molecule has 70 valence electrons. The van der Waals surface area contributed by atoms with E-state index >= 15 is 0 Å². The summed E-state index contributed by atoms with van der Waals surface area (Å²) in [7, 11) is 0. The van der Waals surface area contributed by atoms with Gasteiger partial charge in [-0.15, -0.1) is 0 Å². The molecule has 2 nitrogen and oxygen atoms in total. The topological polar surface area (TPSA) is 37.3 Å². The summed E-state index contributed by atoms with van der Waals surface area (Å²) in [5.74, 6) is -0.879. The average molecular weight is 186 g/mol. The minimum atomic E-state index is -0.879. The summed E-state index contributed by atoms with van der Waals surface area (Å²) >= 11 is 0. The largest absolute Gasteiger partial charge is 0.478 e. The number of carboxylic acid groups (broad SMARTS) is 1. The van der Waals surface area contributed by atoms with E-state index in [0.29, 0.717) is 5.56 Å². The number of hydrogen-bond donors (Lipinski definition) is 1. The van der Waals surface area contributed by atoms with Gasteiger partial charge in [-0.25, -0.2) is 4.79 Å². The number of hydrogen-bond acceptors (Lipinski definition) is 1. The first-order valence-electron chi connectivity index (χ1n) is 4.41. The van der Waals surface area contributed by atoms with Gasteiger partial charge in [0.1, 0.15) is 0 Å². The summed E-state index contributed by atoms with van der Waals surface area (Å²) in [5, 5.41) is 10.9. The molecule has 0 bridgehead atoms. The number of benzene rings is 2. The molecule has 0 saturated carbocycles. The van der Waals surface area contributed by atoms with E-state index in [-0.39, 0.29) is 0 Å². The van der Waals surface area contributed by atoms with E-state index in [9.17, 15) is 4.79 Å². The van der Waals surface area contributed by atoms with E-state index in [1.807, 2.05) is 31.2 Å². The second-order valence-corrected chi connectivity index (χ2v) is 3.32. The molecule has 2 rings (SSSR count). The zero-order chi connectivity index (χ0) is 10.1. The molecule has 0 fully saturated rings. The average Bonchev–Trinajstić information content (AvgIpc) is 2.18. The van der Waals surface area contributed by atoms with E-state index in [0.717, 1.165) is 16.3 Å². The van der Waals surface area contributed by atoms with Crippen molar-refractivity contribution in [1.29, 1.82) is 0 Å². The standard InChI is InChI=1S/C12H10O2/c1-8-3-2-4-9-5-6-10(12(13)14)7-11(8)9/h2-7H,1H3,(H,13,14). The van der Waals surface area contributed by atoms with E-state index in [4.69, 9.17) is 5.11 Å². The molecular weight excluding hydrogens is 176 g/mol. The lowest BCUT2D eigenvalue weighted by Crippen LogP contribution is -1.95. The van der Waals surface area contributed by atoms with Gasteiger partial charge in [-0.3, -0.25) is 0 Å². The Hall–Kier alpha value is -1.83. The Labute approximate surface area is 81.8 Å². The van der Waals surface area contributed by atoms with Crippen molar-refractivity contribution in [3.63, 3.8) is 0 Å². The molecule has 0 aliphatic rings. The molecule has 0 aliphatic heterocycles. The summed E-state index contributed by atoms with van der Waals surface area (Å²) < 4.78 is 0. The van der Waals surface area contributed by atoms with E-state index in [2.05, 4.69) is 0 Å². The fourth-order valence-electron chi connectivity index (χ4n) is 1.56. The monoisotopic (exact) mass is 186 g/mol. The molecule has 2 aromatic rings. The number of aromatic carboxylic acids is 1. The van der Waals surface area contributed by atoms with Crippen molar-refractivity contribution in [2.24, 2.45) is 0 Å². The highest BCUT2D eigenvalue weighted by Gasteiger charge is 2.04. The van der Waals surface area contributed by atoms with Crippen LogP contribution >= 0.6 is 0 Å². The van der Waals surface area contributed by atoms with E-state index in [1.54, 1.807) is 12.1 Å².